The minimum Gasteiger partial charge on any atom is -0.495 e. The molecule has 0 aromatic heterocycles. The predicted octanol–water partition coefficient (Wildman–Crippen LogP) is 2.35. The van der Waals surface area contributed by atoms with Crippen LogP contribution < -0.4 is 10.5 Å². The second-order valence-corrected chi connectivity index (χ2v) is 5.96. The number of nitrogens with two attached hydrogens (primary N) is 1. The van der Waals surface area contributed by atoms with Gasteiger partial charge in [0.05, 0.1) is 31.0 Å². The molecule has 1 aliphatic rings. The van der Waals surface area contributed by atoms with Crippen LogP contribution in [-0.2, 0) is 4.74 Å². The summed E-state index contributed by atoms with van der Waals surface area (Å²) in [6.07, 6.45) is 1.06. The average molecular weight is 306 g/mol. The van der Waals surface area contributed by atoms with Crippen molar-refractivity contribution < 1.29 is 14.3 Å². The van der Waals surface area contributed by atoms with Crippen molar-refractivity contribution in [1.29, 1.82) is 0 Å². The van der Waals surface area contributed by atoms with Gasteiger partial charge >= 0.3 is 0 Å². The molecular formula is C17H26N2O3. The molecule has 2 N–H and O–H groups in total. The Morgan fingerprint density at radius 1 is 1.41 bits per heavy atom. The Hall–Kier alpha value is -1.59. The smallest absolute Gasteiger partial charge is 0.180 e. The fourth-order valence-electron chi connectivity index (χ4n) is 3.16. The standard InChI is InChI=1S/C17H26N2O3/c1-5-15(19-9-11(2)22-12(3)10-19)17(20)13-6-7-16(21-4)14(18)8-13/h6-8,11-12,15H,5,9-10,18H2,1-4H3. The summed E-state index contributed by atoms with van der Waals surface area (Å²) in [6, 6.07) is 5.10. The first-order valence-electron chi connectivity index (χ1n) is 7.83. The first-order chi connectivity index (χ1) is 10.5. The molecule has 5 nitrogen and oxygen atoms in total. The predicted molar refractivity (Wildman–Crippen MR) is 87.4 cm³/mol. The van der Waals surface area contributed by atoms with Crippen LogP contribution in [0.2, 0.25) is 0 Å². The van der Waals surface area contributed by atoms with Crippen molar-refractivity contribution in [2.45, 2.75) is 45.4 Å². The topological polar surface area (TPSA) is 64.8 Å². The fraction of sp³-hybridized carbons (Fsp3) is 0.588. The Kier molecular flexibility index (Phi) is 5.42. The number of nitrogen functional groups attached to an aromatic ring is 1. The molecule has 5 heteroatoms. The molecule has 1 aliphatic heterocycles. The van der Waals surface area contributed by atoms with E-state index >= 15 is 0 Å². The van der Waals surface area contributed by atoms with Crippen LogP contribution in [0.1, 0.15) is 37.6 Å². The minimum atomic E-state index is -0.137. The van der Waals surface area contributed by atoms with Gasteiger partial charge in [-0.1, -0.05) is 6.92 Å². The Bertz CT molecular complexity index is 523. The second-order valence-electron chi connectivity index (χ2n) is 5.96. The maximum Gasteiger partial charge on any atom is 0.180 e. The molecule has 0 saturated carbocycles. The molecule has 0 bridgehead atoms. The molecule has 3 atom stereocenters. The van der Waals surface area contributed by atoms with E-state index in [-0.39, 0.29) is 24.0 Å². The van der Waals surface area contributed by atoms with Gasteiger partial charge in [-0.2, -0.15) is 0 Å². The molecule has 122 valence electrons. The number of carbonyl (C=O) groups excluding carboxylic acids is 1. The van der Waals surface area contributed by atoms with Crippen molar-refractivity contribution in [2.24, 2.45) is 0 Å². The van der Waals surface area contributed by atoms with E-state index in [9.17, 15) is 4.79 Å². The van der Waals surface area contributed by atoms with Gasteiger partial charge in [-0.15, -0.1) is 0 Å². The van der Waals surface area contributed by atoms with E-state index in [1.807, 2.05) is 20.8 Å². The Morgan fingerprint density at radius 2 is 2.05 bits per heavy atom. The van der Waals surface area contributed by atoms with Crippen molar-refractivity contribution in [1.82, 2.24) is 4.90 Å². The molecule has 22 heavy (non-hydrogen) atoms. The SMILES string of the molecule is CCC(C(=O)c1ccc(OC)c(N)c1)N1CC(C)OC(C)C1. The van der Waals surface area contributed by atoms with Gasteiger partial charge in [0.1, 0.15) is 5.75 Å². The number of carbonyl (C=O) groups is 1. The molecule has 0 amide bonds. The number of nitrogens with zero attached hydrogens (tertiary/aromatic N) is 1. The first kappa shape index (κ1) is 16.8. The lowest BCUT2D eigenvalue weighted by Gasteiger charge is -2.39. The monoisotopic (exact) mass is 306 g/mol. The van der Waals surface area contributed by atoms with Crippen molar-refractivity contribution in [3.63, 3.8) is 0 Å². The molecule has 0 aliphatic carbocycles. The molecular weight excluding hydrogens is 280 g/mol. The van der Waals surface area contributed by atoms with Crippen LogP contribution in [0.15, 0.2) is 18.2 Å². The summed E-state index contributed by atoms with van der Waals surface area (Å²) in [6.45, 7) is 7.69. The molecule has 1 aromatic carbocycles. The number of ether oxygens (including phenoxy) is 2. The lowest BCUT2D eigenvalue weighted by Crippen LogP contribution is -2.52. The summed E-state index contributed by atoms with van der Waals surface area (Å²) >= 11 is 0. The quantitative estimate of drug-likeness (QED) is 0.668. The number of anilines is 1. The number of methoxy groups -OCH3 is 1. The Morgan fingerprint density at radius 3 is 2.55 bits per heavy atom. The normalized spacial score (nSPS) is 24.0. The molecule has 1 aromatic rings. The molecule has 0 spiro atoms. The third kappa shape index (κ3) is 3.59. The summed E-state index contributed by atoms with van der Waals surface area (Å²) in [5, 5.41) is 0. The summed E-state index contributed by atoms with van der Waals surface area (Å²) < 4.78 is 10.9. The second kappa shape index (κ2) is 7.11. The van der Waals surface area contributed by atoms with E-state index in [0.29, 0.717) is 17.0 Å². The summed E-state index contributed by atoms with van der Waals surface area (Å²) in [7, 11) is 1.57. The molecule has 0 radical (unpaired) electrons. The van der Waals surface area contributed by atoms with Gasteiger partial charge in [-0.3, -0.25) is 9.69 Å². The number of Topliss-reactive ketones (excluding diaryl/α,β-unsaturated/α-hetero) is 1. The highest BCUT2D eigenvalue weighted by Gasteiger charge is 2.31. The third-order valence-corrected chi connectivity index (χ3v) is 4.09. The molecule has 1 saturated heterocycles. The van der Waals surface area contributed by atoms with Crippen molar-refractivity contribution in [3.8, 4) is 5.75 Å². The minimum absolute atomic E-state index is 0.109. The Labute approximate surface area is 132 Å². The van der Waals surface area contributed by atoms with E-state index in [0.717, 1.165) is 19.5 Å². The highest BCUT2D eigenvalue weighted by Crippen LogP contribution is 2.25. The van der Waals surface area contributed by atoms with E-state index in [1.165, 1.54) is 0 Å². The number of benzene rings is 1. The van der Waals surface area contributed by atoms with Crippen molar-refractivity contribution in [3.05, 3.63) is 23.8 Å². The van der Waals surface area contributed by atoms with Gasteiger partial charge in [-0.05, 0) is 38.5 Å². The van der Waals surface area contributed by atoms with Crippen LogP contribution in [-0.4, -0.2) is 49.1 Å². The fourth-order valence-corrected chi connectivity index (χ4v) is 3.16. The number of morpholine rings is 1. The van der Waals surface area contributed by atoms with Crippen LogP contribution in [0.4, 0.5) is 5.69 Å². The zero-order valence-electron chi connectivity index (χ0n) is 13.8. The highest BCUT2D eigenvalue weighted by atomic mass is 16.5. The molecule has 2 rings (SSSR count). The number of rotatable bonds is 5. The van der Waals surface area contributed by atoms with Crippen LogP contribution in [0.3, 0.4) is 0 Å². The van der Waals surface area contributed by atoms with Gasteiger partial charge in [0.25, 0.3) is 0 Å². The molecule has 3 unspecified atom stereocenters. The number of hydrogen-bond donors (Lipinski definition) is 1. The lowest BCUT2D eigenvalue weighted by atomic mass is 9.98. The average Bonchev–Trinajstić information content (AvgIpc) is 2.46. The van der Waals surface area contributed by atoms with Crippen LogP contribution in [0.25, 0.3) is 0 Å². The van der Waals surface area contributed by atoms with Crippen LogP contribution in [0, 0.1) is 0 Å². The summed E-state index contributed by atoms with van der Waals surface area (Å²) in [5.41, 5.74) is 7.05. The van der Waals surface area contributed by atoms with E-state index in [4.69, 9.17) is 15.2 Å². The first-order valence-corrected chi connectivity index (χ1v) is 7.83. The summed E-state index contributed by atoms with van der Waals surface area (Å²) in [5.74, 6) is 0.705. The lowest BCUT2D eigenvalue weighted by molar-refractivity contribution is -0.0764. The maximum atomic E-state index is 12.9. The molecule has 1 fully saturated rings. The largest absolute Gasteiger partial charge is 0.495 e. The van der Waals surface area contributed by atoms with Gasteiger partial charge in [0, 0.05) is 18.7 Å². The number of ketones is 1. The zero-order chi connectivity index (χ0) is 16.3. The van der Waals surface area contributed by atoms with E-state index < -0.39 is 0 Å². The van der Waals surface area contributed by atoms with E-state index in [2.05, 4.69) is 4.90 Å². The zero-order valence-corrected chi connectivity index (χ0v) is 13.8. The van der Waals surface area contributed by atoms with Crippen LogP contribution in [0.5, 0.6) is 5.75 Å². The molecule has 1 heterocycles. The summed E-state index contributed by atoms with van der Waals surface area (Å²) in [4.78, 5) is 15.1. The van der Waals surface area contributed by atoms with Crippen molar-refractivity contribution >= 4 is 11.5 Å². The van der Waals surface area contributed by atoms with Gasteiger partial charge in [0.2, 0.25) is 0 Å². The Balaban J connectivity index is 2.19. The van der Waals surface area contributed by atoms with Crippen molar-refractivity contribution in [2.75, 3.05) is 25.9 Å². The van der Waals surface area contributed by atoms with Gasteiger partial charge in [-0.25, -0.2) is 0 Å². The number of hydrogen-bond acceptors (Lipinski definition) is 5. The third-order valence-electron chi connectivity index (χ3n) is 4.09. The van der Waals surface area contributed by atoms with Gasteiger partial charge in [0.15, 0.2) is 5.78 Å². The van der Waals surface area contributed by atoms with Gasteiger partial charge < -0.3 is 15.2 Å². The van der Waals surface area contributed by atoms with E-state index in [1.54, 1.807) is 25.3 Å². The van der Waals surface area contributed by atoms with Crippen LogP contribution >= 0.6 is 0 Å². The highest BCUT2D eigenvalue weighted by molar-refractivity contribution is 6.01. The maximum absolute atomic E-state index is 12.9.